The Hall–Kier alpha value is -0.860. The highest BCUT2D eigenvalue weighted by atomic mass is 15.2. The van der Waals surface area contributed by atoms with Gasteiger partial charge in [0.25, 0.3) is 0 Å². The van der Waals surface area contributed by atoms with Crippen molar-refractivity contribution < 1.29 is 0 Å². The van der Waals surface area contributed by atoms with Gasteiger partial charge in [0.2, 0.25) is 0 Å². The van der Waals surface area contributed by atoms with E-state index in [1.54, 1.807) is 0 Å². The molecule has 2 nitrogen and oxygen atoms in total. The molecule has 0 fully saturated rings. The van der Waals surface area contributed by atoms with Crippen LogP contribution in [0, 0.1) is 0 Å². The van der Waals surface area contributed by atoms with Crippen LogP contribution in [0.4, 0.5) is 0 Å². The van der Waals surface area contributed by atoms with Crippen LogP contribution in [0.15, 0.2) is 24.3 Å². The number of nitrogens with zero attached hydrogens (tertiary/aromatic N) is 1. The number of nitrogens with one attached hydrogen (secondary N) is 1. The van der Waals surface area contributed by atoms with Gasteiger partial charge in [0.1, 0.15) is 0 Å². The first-order chi connectivity index (χ1) is 8.99. The van der Waals surface area contributed by atoms with Crippen LogP contribution in [-0.4, -0.2) is 29.6 Å². The van der Waals surface area contributed by atoms with Crippen LogP contribution in [-0.2, 0) is 13.0 Å². The molecule has 0 saturated heterocycles. The van der Waals surface area contributed by atoms with Crippen LogP contribution in [0.3, 0.4) is 0 Å². The summed E-state index contributed by atoms with van der Waals surface area (Å²) in [5, 5.41) is 3.65. The normalized spacial score (nSPS) is 18.1. The van der Waals surface area contributed by atoms with Crippen molar-refractivity contribution in [1.29, 1.82) is 0 Å². The molecule has 0 amide bonds. The molecule has 0 radical (unpaired) electrons. The zero-order chi connectivity index (χ0) is 13.9. The van der Waals surface area contributed by atoms with E-state index in [0.29, 0.717) is 6.04 Å². The van der Waals surface area contributed by atoms with Gasteiger partial charge in [-0.25, -0.2) is 0 Å². The molecule has 0 spiro atoms. The molecule has 1 aromatic rings. The molecule has 1 aromatic carbocycles. The molecular formula is C17H28N2. The van der Waals surface area contributed by atoms with E-state index in [4.69, 9.17) is 0 Å². The fraction of sp³-hybridized carbons (Fsp3) is 0.647. The third kappa shape index (κ3) is 4.05. The lowest BCUT2D eigenvalue weighted by atomic mass is 9.97. The number of rotatable bonds is 4. The quantitative estimate of drug-likeness (QED) is 0.894. The van der Waals surface area contributed by atoms with Gasteiger partial charge >= 0.3 is 0 Å². The van der Waals surface area contributed by atoms with Crippen molar-refractivity contribution in [3.05, 3.63) is 35.4 Å². The lowest BCUT2D eigenvalue weighted by Crippen LogP contribution is -2.48. The molecule has 1 aliphatic heterocycles. The minimum absolute atomic E-state index is 0.209. The molecule has 2 rings (SSSR count). The van der Waals surface area contributed by atoms with Crippen LogP contribution in [0.5, 0.6) is 0 Å². The summed E-state index contributed by atoms with van der Waals surface area (Å²) in [5.74, 6) is 0. The van der Waals surface area contributed by atoms with E-state index in [1.165, 1.54) is 30.5 Å². The Morgan fingerprint density at radius 1 is 1.21 bits per heavy atom. The minimum atomic E-state index is 0.209. The van der Waals surface area contributed by atoms with Gasteiger partial charge in [0.15, 0.2) is 0 Å². The first-order valence-corrected chi connectivity index (χ1v) is 7.55. The van der Waals surface area contributed by atoms with Gasteiger partial charge in [0, 0.05) is 31.2 Å². The Kier molecular flexibility index (Phi) is 4.64. The van der Waals surface area contributed by atoms with Crippen molar-refractivity contribution in [3.8, 4) is 0 Å². The monoisotopic (exact) mass is 260 g/mol. The largest absolute Gasteiger partial charge is 0.311 e. The number of hydrogen-bond acceptors (Lipinski definition) is 2. The highest BCUT2D eigenvalue weighted by Gasteiger charge is 2.23. The highest BCUT2D eigenvalue weighted by Crippen LogP contribution is 2.21. The van der Waals surface area contributed by atoms with E-state index >= 15 is 0 Å². The maximum absolute atomic E-state index is 3.65. The maximum Gasteiger partial charge on any atom is 0.0240 e. The molecule has 2 heteroatoms. The van der Waals surface area contributed by atoms with Crippen molar-refractivity contribution in [3.63, 3.8) is 0 Å². The Morgan fingerprint density at radius 2 is 1.89 bits per heavy atom. The van der Waals surface area contributed by atoms with E-state index in [-0.39, 0.29) is 5.54 Å². The maximum atomic E-state index is 3.65. The molecular weight excluding hydrogens is 232 g/mol. The second-order valence-electron chi connectivity index (χ2n) is 6.68. The summed E-state index contributed by atoms with van der Waals surface area (Å²) in [6.45, 7) is 12.4. The summed E-state index contributed by atoms with van der Waals surface area (Å²) in [5.41, 5.74) is 3.27. The van der Waals surface area contributed by atoms with Crippen LogP contribution in [0.25, 0.3) is 0 Å². The Labute approximate surface area is 118 Å². The molecule has 106 valence electrons. The van der Waals surface area contributed by atoms with Crippen LogP contribution < -0.4 is 5.32 Å². The molecule has 1 unspecified atom stereocenters. The Morgan fingerprint density at radius 3 is 2.53 bits per heavy atom. The number of benzene rings is 1. The smallest absolute Gasteiger partial charge is 0.0240 e. The Balaban J connectivity index is 1.98. The molecule has 1 N–H and O–H groups in total. The summed E-state index contributed by atoms with van der Waals surface area (Å²) in [7, 11) is 0. The fourth-order valence-corrected chi connectivity index (χ4v) is 2.78. The van der Waals surface area contributed by atoms with Crippen LogP contribution >= 0.6 is 0 Å². The van der Waals surface area contributed by atoms with E-state index < -0.39 is 0 Å². The van der Waals surface area contributed by atoms with Crippen molar-refractivity contribution in [2.45, 2.75) is 58.7 Å². The van der Waals surface area contributed by atoms with Gasteiger partial charge in [-0.3, -0.25) is 4.90 Å². The zero-order valence-electron chi connectivity index (χ0n) is 12.9. The second kappa shape index (κ2) is 6.06. The van der Waals surface area contributed by atoms with Gasteiger partial charge in [0.05, 0.1) is 0 Å². The average Bonchev–Trinajstić information content (AvgIpc) is 2.38. The van der Waals surface area contributed by atoms with E-state index in [9.17, 15) is 0 Å². The second-order valence-corrected chi connectivity index (χ2v) is 6.68. The van der Waals surface area contributed by atoms with E-state index in [1.807, 2.05) is 0 Å². The van der Waals surface area contributed by atoms with Gasteiger partial charge in [-0.15, -0.1) is 0 Å². The molecule has 0 aromatic heterocycles. The van der Waals surface area contributed by atoms with Crippen molar-refractivity contribution in [2.75, 3.05) is 13.1 Å². The first kappa shape index (κ1) is 14.5. The zero-order valence-corrected chi connectivity index (χ0v) is 12.9. The topological polar surface area (TPSA) is 15.3 Å². The lowest BCUT2D eigenvalue weighted by molar-refractivity contribution is 0.162. The standard InChI is InChI=1S/C17H28N2/c1-5-16(12-18-17(2,3)4)19-11-10-14-8-6-7-9-15(14)13-19/h6-9,16,18H,5,10-13H2,1-4H3. The minimum Gasteiger partial charge on any atom is -0.311 e. The molecule has 19 heavy (non-hydrogen) atoms. The van der Waals surface area contributed by atoms with Gasteiger partial charge in [-0.1, -0.05) is 31.2 Å². The molecule has 1 heterocycles. The van der Waals surface area contributed by atoms with E-state index in [2.05, 4.69) is 62.2 Å². The summed E-state index contributed by atoms with van der Waals surface area (Å²) in [4.78, 5) is 2.64. The Bertz CT molecular complexity index is 406. The number of hydrogen-bond donors (Lipinski definition) is 1. The van der Waals surface area contributed by atoms with Crippen molar-refractivity contribution >= 4 is 0 Å². The number of fused-ring (bicyclic) bond motifs is 1. The van der Waals surface area contributed by atoms with Crippen molar-refractivity contribution in [1.82, 2.24) is 10.2 Å². The van der Waals surface area contributed by atoms with Gasteiger partial charge < -0.3 is 5.32 Å². The van der Waals surface area contributed by atoms with Gasteiger partial charge in [-0.05, 0) is 44.7 Å². The molecule has 1 aliphatic rings. The van der Waals surface area contributed by atoms with E-state index in [0.717, 1.165) is 13.1 Å². The fourth-order valence-electron chi connectivity index (χ4n) is 2.78. The third-order valence-corrected chi connectivity index (χ3v) is 4.02. The molecule has 0 aliphatic carbocycles. The van der Waals surface area contributed by atoms with Crippen LogP contribution in [0.1, 0.15) is 45.2 Å². The first-order valence-electron chi connectivity index (χ1n) is 7.55. The predicted molar refractivity (Wildman–Crippen MR) is 82.4 cm³/mol. The molecule has 1 atom stereocenters. The summed E-state index contributed by atoms with van der Waals surface area (Å²) >= 11 is 0. The van der Waals surface area contributed by atoms with Crippen LogP contribution in [0.2, 0.25) is 0 Å². The lowest BCUT2D eigenvalue weighted by Gasteiger charge is -2.37. The summed E-state index contributed by atoms with van der Waals surface area (Å²) < 4.78 is 0. The third-order valence-electron chi connectivity index (χ3n) is 4.02. The molecule has 0 saturated carbocycles. The van der Waals surface area contributed by atoms with Gasteiger partial charge in [-0.2, -0.15) is 0 Å². The molecule has 0 bridgehead atoms. The average molecular weight is 260 g/mol. The SMILES string of the molecule is CCC(CNC(C)(C)C)N1CCc2ccccc2C1. The highest BCUT2D eigenvalue weighted by molar-refractivity contribution is 5.29. The van der Waals surface area contributed by atoms with Crippen molar-refractivity contribution in [2.24, 2.45) is 0 Å². The predicted octanol–water partition coefficient (Wildman–Crippen LogP) is 3.21. The summed E-state index contributed by atoms with van der Waals surface area (Å²) in [6.07, 6.45) is 2.41. The summed E-state index contributed by atoms with van der Waals surface area (Å²) in [6, 6.07) is 9.53.